The van der Waals surface area contributed by atoms with Crippen molar-refractivity contribution in [3.05, 3.63) is 64.7 Å². The van der Waals surface area contributed by atoms with E-state index in [2.05, 4.69) is 22.3 Å². The lowest BCUT2D eigenvalue weighted by molar-refractivity contribution is -0.118. The number of halogens is 1. The standard InChI is InChI=1S/C22H27ClN2O2S/c1-27-20-6-4-5-18(13-20)21(25-11-2-3-12-25)14-24-22(26)16-28-15-17-7-9-19(23)10-8-17/h4-10,13,21H,2-3,11-12,14-16H2,1H3,(H,24,26). The van der Waals surface area contributed by atoms with Gasteiger partial charge in [0.15, 0.2) is 0 Å². The summed E-state index contributed by atoms with van der Waals surface area (Å²) in [7, 11) is 1.68. The molecular weight excluding hydrogens is 392 g/mol. The molecule has 150 valence electrons. The number of hydrogen-bond donors (Lipinski definition) is 1. The fraction of sp³-hybridized carbons (Fsp3) is 0.409. The number of thioether (sulfide) groups is 1. The van der Waals surface area contributed by atoms with E-state index in [-0.39, 0.29) is 11.9 Å². The number of hydrogen-bond acceptors (Lipinski definition) is 4. The van der Waals surface area contributed by atoms with E-state index < -0.39 is 0 Å². The van der Waals surface area contributed by atoms with Gasteiger partial charge in [-0.1, -0.05) is 35.9 Å². The molecule has 6 heteroatoms. The monoisotopic (exact) mass is 418 g/mol. The van der Waals surface area contributed by atoms with Crippen LogP contribution in [0, 0.1) is 0 Å². The Morgan fingerprint density at radius 3 is 2.68 bits per heavy atom. The number of nitrogens with one attached hydrogen (secondary N) is 1. The zero-order valence-corrected chi connectivity index (χ0v) is 17.8. The second-order valence-corrected chi connectivity index (χ2v) is 8.38. The highest BCUT2D eigenvalue weighted by molar-refractivity contribution is 7.99. The lowest BCUT2D eigenvalue weighted by Gasteiger charge is -2.28. The molecule has 0 radical (unpaired) electrons. The second kappa shape index (κ2) is 10.7. The number of nitrogens with zero attached hydrogens (tertiary/aromatic N) is 1. The van der Waals surface area contributed by atoms with E-state index in [9.17, 15) is 4.79 Å². The molecule has 0 spiro atoms. The second-order valence-electron chi connectivity index (χ2n) is 6.96. The maximum atomic E-state index is 12.4. The lowest BCUT2D eigenvalue weighted by Crippen LogP contribution is -2.37. The molecule has 28 heavy (non-hydrogen) atoms. The molecule has 0 saturated carbocycles. The van der Waals surface area contributed by atoms with E-state index in [4.69, 9.17) is 16.3 Å². The first-order chi connectivity index (χ1) is 13.7. The molecular formula is C22H27ClN2O2S. The van der Waals surface area contributed by atoms with Crippen LogP contribution in [0.25, 0.3) is 0 Å². The van der Waals surface area contributed by atoms with Gasteiger partial charge in [-0.3, -0.25) is 9.69 Å². The van der Waals surface area contributed by atoms with Crippen LogP contribution in [0.1, 0.15) is 30.0 Å². The van der Waals surface area contributed by atoms with Crippen LogP contribution in [-0.4, -0.2) is 43.3 Å². The highest BCUT2D eigenvalue weighted by Gasteiger charge is 2.24. The third-order valence-electron chi connectivity index (χ3n) is 4.97. The Hall–Kier alpha value is -1.69. The predicted molar refractivity (Wildman–Crippen MR) is 117 cm³/mol. The first kappa shape index (κ1) is 21.0. The molecule has 1 heterocycles. The number of rotatable bonds is 9. The summed E-state index contributed by atoms with van der Waals surface area (Å²) in [5.74, 6) is 2.18. The Labute approximate surface area is 176 Å². The van der Waals surface area contributed by atoms with Gasteiger partial charge in [-0.25, -0.2) is 0 Å². The molecule has 1 unspecified atom stereocenters. The summed E-state index contributed by atoms with van der Waals surface area (Å²) in [6, 6.07) is 16.1. The van der Waals surface area contributed by atoms with Gasteiger partial charge < -0.3 is 10.1 Å². The van der Waals surface area contributed by atoms with Crippen molar-refractivity contribution in [3.8, 4) is 5.75 Å². The van der Waals surface area contributed by atoms with Gasteiger partial charge in [0.25, 0.3) is 0 Å². The molecule has 0 bridgehead atoms. The number of methoxy groups -OCH3 is 1. The first-order valence-corrected chi connectivity index (χ1v) is 11.2. The Kier molecular flexibility index (Phi) is 8.07. The van der Waals surface area contributed by atoms with Crippen LogP contribution in [-0.2, 0) is 10.5 Å². The summed E-state index contributed by atoms with van der Waals surface area (Å²) >= 11 is 7.53. The summed E-state index contributed by atoms with van der Waals surface area (Å²) in [5, 5.41) is 3.86. The zero-order valence-electron chi connectivity index (χ0n) is 16.2. The summed E-state index contributed by atoms with van der Waals surface area (Å²) in [4.78, 5) is 14.8. The lowest BCUT2D eigenvalue weighted by atomic mass is 10.0. The Bertz CT molecular complexity index is 763. The van der Waals surface area contributed by atoms with Crippen LogP contribution >= 0.6 is 23.4 Å². The molecule has 3 rings (SSSR count). The smallest absolute Gasteiger partial charge is 0.230 e. The molecule has 1 atom stereocenters. The summed E-state index contributed by atoms with van der Waals surface area (Å²) in [5.41, 5.74) is 2.36. The van der Waals surface area contributed by atoms with Crippen molar-refractivity contribution in [2.75, 3.05) is 32.5 Å². The van der Waals surface area contributed by atoms with Gasteiger partial charge in [0.05, 0.1) is 18.9 Å². The minimum absolute atomic E-state index is 0.0751. The minimum Gasteiger partial charge on any atom is -0.497 e. The van der Waals surface area contributed by atoms with Crippen molar-refractivity contribution in [2.24, 2.45) is 0 Å². The molecule has 1 amide bonds. The van der Waals surface area contributed by atoms with E-state index in [1.54, 1.807) is 18.9 Å². The Balaban J connectivity index is 1.52. The minimum atomic E-state index is 0.0751. The van der Waals surface area contributed by atoms with Gasteiger partial charge in [0.1, 0.15) is 5.75 Å². The van der Waals surface area contributed by atoms with Crippen LogP contribution in [0.4, 0.5) is 0 Å². The van der Waals surface area contributed by atoms with Crippen molar-refractivity contribution < 1.29 is 9.53 Å². The number of carbonyl (C=O) groups excluding carboxylic acids is 1. The molecule has 4 nitrogen and oxygen atoms in total. The number of benzene rings is 2. The normalized spacial score (nSPS) is 15.4. The quantitative estimate of drug-likeness (QED) is 0.649. The van der Waals surface area contributed by atoms with Crippen molar-refractivity contribution in [3.63, 3.8) is 0 Å². The van der Waals surface area contributed by atoms with Gasteiger partial charge in [-0.05, 0) is 61.3 Å². The SMILES string of the molecule is COc1cccc(C(CNC(=O)CSCc2ccc(Cl)cc2)N2CCCC2)c1. The van der Waals surface area contributed by atoms with E-state index >= 15 is 0 Å². The van der Waals surface area contributed by atoms with Crippen molar-refractivity contribution in [2.45, 2.75) is 24.6 Å². The molecule has 0 aliphatic carbocycles. The third kappa shape index (κ3) is 6.16. The molecule has 1 aliphatic heterocycles. The molecule has 2 aromatic carbocycles. The van der Waals surface area contributed by atoms with Crippen LogP contribution in [0.5, 0.6) is 5.75 Å². The summed E-state index contributed by atoms with van der Waals surface area (Å²) in [6.45, 7) is 2.76. The Morgan fingerprint density at radius 2 is 1.96 bits per heavy atom. The highest BCUT2D eigenvalue weighted by atomic mass is 35.5. The van der Waals surface area contributed by atoms with E-state index in [0.717, 1.165) is 29.6 Å². The maximum Gasteiger partial charge on any atom is 0.230 e. The van der Waals surface area contributed by atoms with Gasteiger partial charge in [-0.2, -0.15) is 0 Å². The average molecular weight is 419 g/mol. The number of ether oxygens (including phenoxy) is 1. The fourth-order valence-electron chi connectivity index (χ4n) is 3.46. The molecule has 1 N–H and O–H groups in total. The summed E-state index contributed by atoms with van der Waals surface area (Å²) in [6.07, 6.45) is 2.43. The molecule has 1 saturated heterocycles. The molecule has 2 aromatic rings. The zero-order chi connectivity index (χ0) is 19.8. The maximum absolute atomic E-state index is 12.4. The van der Waals surface area contributed by atoms with Gasteiger partial charge in [0, 0.05) is 17.3 Å². The molecule has 1 aliphatic rings. The van der Waals surface area contributed by atoms with Crippen LogP contribution in [0.15, 0.2) is 48.5 Å². The summed E-state index contributed by atoms with van der Waals surface area (Å²) < 4.78 is 5.38. The van der Waals surface area contributed by atoms with E-state index in [1.165, 1.54) is 24.0 Å². The third-order valence-corrected chi connectivity index (χ3v) is 6.22. The fourth-order valence-corrected chi connectivity index (χ4v) is 4.41. The van der Waals surface area contributed by atoms with Crippen LogP contribution in [0.2, 0.25) is 5.02 Å². The molecule has 1 fully saturated rings. The van der Waals surface area contributed by atoms with E-state index in [1.807, 2.05) is 36.4 Å². The van der Waals surface area contributed by atoms with Crippen LogP contribution in [0.3, 0.4) is 0 Å². The number of likely N-dealkylation sites (tertiary alicyclic amines) is 1. The first-order valence-electron chi connectivity index (χ1n) is 9.62. The van der Waals surface area contributed by atoms with Crippen LogP contribution < -0.4 is 10.1 Å². The van der Waals surface area contributed by atoms with Gasteiger partial charge in [-0.15, -0.1) is 11.8 Å². The average Bonchev–Trinajstić information content (AvgIpc) is 3.24. The number of amides is 1. The largest absolute Gasteiger partial charge is 0.497 e. The predicted octanol–water partition coefficient (Wildman–Crippen LogP) is 4.54. The topological polar surface area (TPSA) is 41.6 Å². The van der Waals surface area contributed by atoms with Gasteiger partial charge in [0.2, 0.25) is 5.91 Å². The number of carbonyl (C=O) groups is 1. The highest BCUT2D eigenvalue weighted by Crippen LogP contribution is 2.27. The van der Waals surface area contributed by atoms with Crippen molar-refractivity contribution in [1.82, 2.24) is 10.2 Å². The van der Waals surface area contributed by atoms with Crippen molar-refractivity contribution >= 4 is 29.3 Å². The molecule has 0 aromatic heterocycles. The van der Waals surface area contributed by atoms with Crippen molar-refractivity contribution in [1.29, 1.82) is 0 Å². The van der Waals surface area contributed by atoms with Gasteiger partial charge >= 0.3 is 0 Å². The van der Waals surface area contributed by atoms with E-state index in [0.29, 0.717) is 12.3 Å². The Morgan fingerprint density at radius 1 is 1.21 bits per heavy atom.